The molecule has 8 rings (SSSR count). The number of amides is 4. The standard InChI is InChI=1S/2C26H31N3O4/c2*1-3-8-18-11-12-21-23-19(15-28(21)26(18)33)20(16-30)24(29(23)22(31)4-2)25(32)27-14-13-17-9-6-5-7-10-17/h2*3,5-12,19-20,23-24,30H,4,13-16H2,1-2H3,(H,27,32)/b8-3+;8-3-/t2*19-,20-,23+,24-/m00/s1. The van der Waals surface area contributed by atoms with E-state index in [1.165, 1.54) is 0 Å². The molecule has 66 heavy (non-hydrogen) atoms. The number of aliphatic hydroxyl groups is 2. The summed E-state index contributed by atoms with van der Waals surface area (Å²) < 4.78 is 3.40. The van der Waals surface area contributed by atoms with Crippen molar-refractivity contribution in [3.8, 4) is 0 Å². The molecule has 14 nitrogen and oxygen atoms in total. The van der Waals surface area contributed by atoms with Gasteiger partial charge in [0.15, 0.2) is 0 Å². The molecule has 2 aromatic carbocycles. The van der Waals surface area contributed by atoms with Gasteiger partial charge >= 0.3 is 0 Å². The largest absolute Gasteiger partial charge is 0.396 e. The molecule has 4 amide bonds. The smallest absolute Gasteiger partial charge is 0.258 e. The van der Waals surface area contributed by atoms with E-state index in [1.54, 1.807) is 57.1 Å². The third kappa shape index (κ3) is 9.21. The number of likely N-dealkylation sites (tertiary alicyclic amines) is 2. The first kappa shape index (κ1) is 47.6. The Morgan fingerprint density at radius 1 is 0.591 bits per heavy atom. The molecule has 4 aliphatic heterocycles. The van der Waals surface area contributed by atoms with E-state index in [0.29, 0.717) is 50.1 Å². The highest BCUT2D eigenvalue weighted by Gasteiger charge is 2.58. The molecule has 6 heterocycles. The van der Waals surface area contributed by atoms with Gasteiger partial charge in [-0.2, -0.15) is 0 Å². The van der Waals surface area contributed by atoms with Gasteiger partial charge in [0.1, 0.15) is 12.1 Å². The topological polar surface area (TPSA) is 183 Å². The fraction of sp³-hybridized carbons (Fsp3) is 0.423. The van der Waals surface area contributed by atoms with Crippen LogP contribution in [0.3, 0.4) is 0 Å². The highest BCUT2D eigenvalue weighted by molar-refractivity contribution is 5.90. The minimum absolute atomic E-state index is 0.107. The van der Waals surface area contributed by atoms with Gasteiger partial charge in [0.05, 0.1) is 12.1 Å². The number of rotatable bonds is 14. The van der Waals surface area contributed by atoms with Gasteiger partial charge in [-0.05, 0) is 62.1 Å². The summed E-state index contributed by atoms with van der Waals surface area (Å²) in [5.74, 6) is -2.06. The Morgan fingerprint density at radius 3 is 1.30 bits per heavy atom. The molecule has 4 N–H and O–H groups in total. The molecular weight excluding hydrogens is 837 g/mol. The molecule has 348 valence electrons. The summed E-state index contributed by atoms with van der Waals surface area (Å²) in [6.07, 6.45) is 9.03. The maximum atomic E-state index is 13.3. The minimum atomic E-state index is -0.757. The molecule has 4 aromatic rings. The monoisotopic (exact) mass is 898 g/mol. The number of carbonyl (C=O) groups is 4. The van der Waals surface area contributed by atoms with Crippen molar-refractivity contribution in [2.24, 2.45) is 23.7 Å². The molecule has 0 saturated carbocycles. The van der Waals surface area contributed by atoms with Crippen molar-refractivity contribution in [1.82, 2.24) is 29.6 Å². The van der Waals surface area contributed by atoms with Crippen LogP contribution in [0.5, 0.6) is 0 Å². The van der Waals surface area contributed by atoms with E-state index < -0.39 is 36.0 Å². The van der Waals surface area contributed by atoms with Gasteiger partial charge in [-0.1, -0.05) is 98.8 Å². The highest BCUT2D eigenvalue weighted by Crippen LogP contribution is 2.50. The lowest BCUT2D eigenvalue weighted by molar-refractivity contribution is -0.141. The number of hydrogen-bond donors (Lipinski definition) is 4. The van der Waals surface area contributed by atoms with E-state index in [9.17, 15) is 39.0 Å². The van der Waals surface area contributed by atoms with E-state index in [4.69, 9.17) is 0 Å². The summed E-state index contributed by atoms with van der Waals surface area (Å²) in [5.41, 5.74) is 4.67. The zero-order valence-corrected chi connectivity index (χ0v) is 38.2. The summed E-state index contributed by atoms with van der Waals surface area (Å²) in [6.45, 7) is 8.47. The normalized spacial score (nSPS) is 23.5. The second kappa shape index (κ2) is 21.3. The summed E-state index contributed by atoms with van der Waals surface area (Å²) in [6, 6.07) is 24.7. The quantitative estimate of drug-likeness (QED) is 0.145. The van der Waals surface area contributed by atoms with E-state index >= 15 is 0 Å². The predicted octanol–water partition coefficient (Wildman–Crippen LogP) is 4.28. The molecule has 0 bridgehead atoms. The molecule has 4 aliphatic rings. The van der Waals surface area contributed by atoms with Crippen molar-refractivity contribution < 1.29 is 29.4 Å². The molecule has 8 atom stereocenters. The van der Waals surface area contributed by atoms with Crippen molar-refractivity contribution in [2.45, 2.75) is 90.6 Å². The summed E-state index contributed by atoms with van der Waals surface area (Å²) in [5, 5.41) is 26.5. The van der Waals surface area contributed by atoms with Gasteiger partial charge in [0, 0.05) is 98.4 Å². The Balaban J connectivity index is 0.000000196. The van der Waals surface area contributed by atoms with Crippen molar-refractivity contribution >= 4 is 35.8 Å². The summed E-state index contributed by atoms with van der Waals surface area (Å²) >= 11 is 0. The Labute approximate surface area is 385 Å². The van der Waals surface area contributed by atoms with Crippen LogP contribution in [0.2, 0.25) is 0 Å². The lowest BCUT2D eigenvalue weighted by Crippen LogP contribution is -2.50. The number of aliphatic hydroxyl groups excluding tert-OH is 2. The zero-order chi connectivity index (χ0) is 47.1. The van der Waals surface area contributed by atoms with Crippen LogP contribution in [-0.4, -0.2) is 91.2 Å². The fourth-order valence-corrected chi connectivity index (χ4v) is 10.7. The van der Waals surface area contributed by atoms with Crippen molar-refractivity contribution in [2.75, 3.05) is 26.3 Å². The Kier molecular flexibility index (Phi) is 15.3. The molecule has 2 saturated heterocycles. The highest BCUT2D eigenvalue weighted by atomic mass is 16.3. The van der Waals surface area contributed by atoms with Crippen LogP contribution in [0, 0.1) is 23.7 Å². The Hall–Kier alpha value is -6.38. The van der Waals surface area contributed by atoms with Crippen LogP contribution in [0.25, 0.3) is 12.2 Å². The van der Waals surface area contributed by atoms with Crippen LogP contribution >= 0.6 is 0 Å². The minimum Gasteiger partial charge on any atom is -0.396 e. The first-order chi connectivity index (χ1) is 32.0. The Morgan fingerprint density at radius 2 is 0.970 bits per heavy atom. The van der Waals surface area contributed by atoms with Gasteiger partial charge < -0.3 is 39.8 Å². The maximum absolute atomic E-state index is 13.3. The number of nitrogens with zero attached hydrogens (tertiary/aromatic N) is 4. The SMILES string of the molecule is C/C=C/c1ccc2n(c1=O)C[C@H]1[C@H](CO)[C@@H](C(=O)NCCc3ccccc3)N(C(=O)CC)[C@@H]21.C/C=C\c1ccc2n(c1=O)C[C@H]1[C@H](CO)[C@@H](C(=O)NCCc3ccccc3)N(C(=O)CC)[C@@H]21. The van der Waals surface area contributed by atoms with E-state index in [1.807, 2.05) is 98.8 Å². The number of pyridine rings is 2. The molecule has 0 aliphatic carbocycles. The molecule has 0 spiro atoms. The lowest BCUT2D eigenvalue weighted by atomic mass is 9.88. The first-order valence-electron chi connectivity index (χ1n) is 23.2. The molecule has 14 heteroatoms. The van der Waals surface area contributed by atoms with Crippen LogP contribution in [0.15, 0.2) is 107 Å². The zero-order valence-electron chi connectivity index (χ0n) is 38.2. The van der Waals surface area contributed by atoms with Gasteiger partial charge in [-0.15, -0.1) is 0 Å². The average molecular weight is 899 g/mol. The molecule has 0 unspecified atom stereocenters. The first-order valence-corrected chi connectivity index (χ1v) is 23.2. The third-order valence-electron chi connectivity index (χ3n) is 13.7. The van der Waals surface area contributed by atoms with Crippen molar-refractivity contribution in [3.05, 3.63) is 151 Å². The van der Waals surface area contributed by atoms with E-state index in [2.05, 4.69) is 10.6 Å². The lowest BCUT2D eigenvalue weighted by Gasteiger charge is -2.30. The number of carbonyl (C=O) groups excluding carboxylic acids is 4. The second-order valence-electron chi connectivity index (χ2n) is 17.4. The number of aromatic nitrogens is 2. The van der Waals surface area contributed by atoms with Crippen LogP contribution < -0.4 is 21.8 Å². The van der Waals surface area contributed by atoms with Gasteiger partial charge in [0.2, 0.25) is 23.6 Å². The number of hydrogen-bond acceptors (Lipinski definition) is 8. The summed E-state index contributed by atoms with van der Waals surface area (Å²) in [7, 11) is 0. The van der Waals surface area contributed by atoms with E-state index in [0.717, 1.165) is 22.5 Å². The van der Waals surface area contributed by atoms with Gasteiger partial charge in [-0.3, -0.25) is 28.8 Å². The van der Waals surface area contributed by atoms with Gasteiger partial charge in [0.25, 0.3) is 11.1 Å². The average Bonchev–Trinajstić information content (AvgIpc) is 4.08. The molecule has 0 radical (unpaired) electrons. The second-order valence-corrected chi connectivity index (χ2v) is 17.4. The predicted molar refractivity (Wildman–Crippen MR) is 253 cm³/mol. The molecule has 2 fully saturated rings. The Bertz CT molecular complexity index is 2390. The third-order valence-corrected chi connectivity index (χ3v) is 13.7. The van der Waals surface area contributed by atoms with Crippen LogP contribution in [-0.2, 0) is 45.1 Å². The van der Waals surface area contributed by atoms with Crippen molar-refractivity contribution in [1.29, 1.82) is 0 Å². The number of nitrogens with one attached hydrogen (secondary N) is 2. The van der Waals surface area contributed by atoms with Crippen LogP contribution in [0.4, 0.5) is 0 Å². The maximum Gasteiger partial charge on any atom is 0.258 e. The number of allylic oxidation sites excluding steroid dienone is 2. The summed E-state index contributed by atoms with van der Waals surface area (Å²) in [4.78, 5) is 81.9. The fourth-order valence-electron chi connectivity index (χ4n) is 10.7. The van der Waals surface area contributed by atoms with E-state index in [-0.39, 0.29) is 72.6 Å². The number of fused-ring (bicyclic) bond motifs is 6. The van der Waals surface area contributed by atoms with Gasteiger partial charge in [-0.25, -0.2) is 0 Å². The molecule has 2 aromatic heterocycles. The van der Waals surface area contributed by atoms with Crippen LogP contribution in [0.1, 0.15) is 86.3 Å². The molecular formula is C52H62N6O8. The number of benzene rings is 2. The van der Waals surface area contributed by atoms with Crippen molar-refractivity contribution in [3.63, 3.8) is 0 Å².